The molecule has 1 saturated carbocycles. The molecule has 0 aliphatic heterocycles. The van der Waals surface area contributed by atoms with Gasteiger partial charge in [-0.05, 0) is 42.7 Å². The summed E-state index contributed by atoms with van der Waals surface area (Å²) in [6.07, 6.45) is 4.26. The Bertz CT molecular complexity index is 864. The van der Waals surface area contributed by atoms with Crippen LogP contribution in [-0.2, 0) is 16.6 Å². The van der Waals surface area contributed by atoms with Gasteiger partial charge in [0.15, 0.2) is 5.96 Å². The predicted molar refractivity (Wildman–Crippen MR) is 112 cm³/mol. The van der Waals surface area contributed by atoms with Crippen LogP contribution >= 0.6 is 11.6 Å². The molecule has 1 aromatic carbocycles. The first kappa shape index (κ1) is 21.2. The van der Waals surface area contributed by atoms with Crippen LogP contribution in [0, 0.1) is 5.82 Å². The standard InChI is InChI=1S/C21H26ClFN4O2/c1-27(2)19(28)13-25-20(24-10-7-16-4-3-11-29-16)26-14-21(8-9-21)17-6-5-15(23)12-18(17)22/h3-6,11-12H,7-10,13-14H2,1-2H3,(H2,24,25,26). The van der Waals surface area contributed by atoms with Crippen LogP contribution in [0.2, 0.25) is 5.02 Å². The lowest BCUT2D eigenvalue weighted by Crippen LogP contribution is -2.42. The van der Waals surface area contributed by atoms with E-state index in [0.29, 0.717) is 30.5 Å². The van der Waals surface area contributed by atoms with E-state index in [4.69, 9.17) is 16.0 Å². The third-order valence-electron chi connectivity index (χ3n) is 5.07. The normalized spacial score (nSPS) is 15.1. The lowest BCUT2D eigenvalue weighted by Gasteiger charge is -2.20. The van der Waals surface area contributed by atoms with Gasteiger partial charge in [0.1, 0.15) is 18.1 Å². The molecule has 0 atom stereocenters. The van der Waals surface area contributed by atoms with Gasteiger partial charge in [0.25, 0.3) is 0 Å². The molecule has 8 heteroatoms. The number of amides is 1. The summed E-state index contributed by atoms with van der Waals surface area (Å²) in [5.74, 6) is 1.00. The molecular weight excluding hydrogens is 395 g/mol. The number of nitrogens with one attached hydrogen (secondary N) is 2. The molecule has 3 rings (SSSR count). The first-order chi connectivity index (χ1) is 13.9. The Morgan fingerprint density at radius 3 is 2.72 bits per heavy atom. The average molecular weight is 421 g/mol. The van der Waals surface area contributed by atoms with Crippen molar-refractivity contribution in [3.63, 3.8) is 0 Å². The van der Waals surface area contributed by atoms with E-state index < -0.39 is 0 Å². The second kappa shape index (κ2) is 9.31. The Morgan fingerprint density at radius 1 is 1.31 bits per heavy atom. The predicted octanol–water partition coefficient (Wildman–Crippen LogP) is 2.97. The van der Waals surface area contributed by atoms with Crippen LogP contribution in [0.4, 0.5) is 4.39 Å². The van der Waals surface area contributed by atoms with Gasteiger partial charge >= 0.3 is 0 Å². The van der Waals surface area contributed by atoms with Gasteiger partial charge in [0.2, 0.25) is 5.91 Å². The molecule has 1 aromatic heterocycles. The van der Waals surface area contributed by atoms with Gasteiger partial charge in [-0.1, -0.05) is 17.7 Å². The first-order valence-corrected chi connectivity index (χ1v) is 9.98. The Hall–Kier alpha value is -2.54. The molecule has 1 aliphatic rings. The molecule has 0 unspecified atom stereocenters. The molecule has 1 aliphatic carbocycles. The molecule has 1 fully saturated rings. The third-order valence-corrected chi connectivity index (χ3v) is 5.38. The highest BCUT2D eigenvalue weighted by Crippen LogP contribution is 2.50. The fourth-order valence-electron chi connectivity index (χ4n) is 3.09. The Balaban J connectivity index is 1.63. The minimum atomic E-state index is -0.341. The smallest absolute Gasteiger partial charge is 0.243 e. The maximum atomic E-state index is 13.4. The van der Waals surface area contributed by atoms with Crippen LogP contribution in [-0.4, -0.2) is 50.5 Å². The van der Waals surface area contributed by atoms with Crippen LogP contribution in [0.1, 0.15) is 24.2 Å². The minimum Gasteiger partial charge on any atom is -0.469 e. The summed E-state index contributed by atoms with van der Waals surface area (Å²) in [7, 11) is 3.40. The van der Waals surface area contributed by atoms with Crippen LogP contribution in [0.5, 0.6) is 0 Å². The van der Waals surface area contributed by atoms with Gasteiger partial charge in [0, 0.05) is 44.0 Å². The molecule has 2 N–H and O–H groups in total. The average Bonchev–Trinajstić information content (AvgIpc) is 3.27. The Labute approximate surface area is 175 Å². The van der Waals surface area contributed by atoms with Gasteiger partial charge in [0.05, 0.1) is 6.26 Å². The maximum absolute atomic E-state index is 13.4. The van der Waals surface area contributed by atoms with E-state index in [1.807, 2.05) is 12.1 Å². The molecule has 0 spiro atoms. The van der Waals surface area contributed by atoms with Crippen LogP contribution in [0.3, 0.4) is 0 Å². The molecule has 156 valence electrons. The zero-order valence-corrected chi connectivity index (χ0v) is 17.4. The quantitative estimate of drug-likeness (QED) is 0.509. The number of hydrogen-bond donors (Lipinski definition) is 2. The molecule has 1 amide bonds. The highest BCUT2D eigenvalue weighted by atomic mass is 35.5. The summed E-state index contributed by atoms with van der Waals surface area (Å²) in [4.78, 5) is 17.8. The van der Waals surface area contributed by atoms with E-state index in [-0.39, 0.29) is 23.7 Å². The van der Waals surface area contributed by atoms with Gasteiger partial charge < -0.3 is 20.0 Å². The summed E-state index contributed by atoms with van der Waals surface area (Å²) in [6.45, 7) is 1.26. The summed E-state index contributed by atoms with van der Waals surface area (Å²) < 4.78 is 18.7. The van der Waals surface area contributed by atoms with Gasteiger partial charge in [-0.15, -0.1) is 0 Å². The number of aliphatic imine (C=N–C) groups is 1. The number of rotatable bonds is 8. The fourth-order valence-corrected chi connectivity index (χ4v) is 3.45. The third kappa shape index (κ3) is 5.73. The number of likely N-dealkylation sites (N-methyl/N-ethyl adjacent to an activating group) is 1. The van der Waals surface area contributed by atoms with Crippen molar-refractivity contribution in [1.82, 2.24) is 15.5 Å². The van der Waals surface area contributed by atoms with E-state index in [1.54, 1.807) is 26.4 Å². The van der Waals surface area contributed by atoms with Crippen molar-refractivity contribution in [3.05, 3.63) is 58.8 Å². The van der Waals surface area contributed by atoms with E-state index in [9.17, 15) is 9.18 Å². The molecule has 0 bridgehead atoms. The molecule has 29 heavy (non-hydrogen) atoms. The van der Waals surface area contributed by atoms with Crippen molar-refractivity contribution in [1.29, 1.82) is 0 Å². The SMILES string of the molecule is CN(C)C(=O)CN=C(NCCc1ccco1)NCC1(c2ccc(F)cc2Cl)CC1. The van der Waals surface area contributed by atoms with Crippen molar-refractivity contribution in [2.45, 2.75) is 24.7 Å². The highest BCUT2D eigenvalue weighted by molar-refractivity contribution is 6.31. The summed E-state index contributed by atoms with van der Waals surface area (Å²) in [5, 5.41) is 7.01. The molecule has 0 radical (unpaired) electrons. The van der Waals surface area contributed by atoms with Crippen molar-refractivity contribution in [3.8, 4) is 0 Å². The van der Waals surface area contributed by atoms with E-state index >= 15 is 0 Å². The molecule has 6 nitrogen and oxygen atoms in total. The number of benzene rings is 1. The number of hydrogen-bond acceptors (Lipinski definition) is 3. The lowest BCUT2D eigenvalue weighted by atomic mass is 9.96. The minimum absolute atomic E-state index is 0.0490. The number of carbonyl (C=O) groups is 1. The highest BCUT2D eigenvalue weighted by Gasteiger charge is 2.45. The number of guanidine groups is 1. The van der Waals surface area contributed by atoms with Gasteiger partial charge in [-0.2, -0.15) is 0 Å². The van der Waals surface area contributed by atoms with Crippen molar-refractivity contribution < 1.29 is 13.6 Å². The summed E-state index contributed by atoms with van der Waals surface area (Å²) >= 11 is 6.27. The van der Waals surface area contributed by atoms with Crippen LogP contribution in [0.25, 0.3) is 0 Å². The van der Waals surface area contributed by atoms with Crippen molar-refractivity contribution in [2.24, 2.45) is 4.99 Å². The van der Waals surface area contributed by atoms with Crippen LogP contribution in [0.15, 0.2) is 46.0 Å². The molecular formula is C21H26ClFN4O2. The maximum Gasteiger partial charge on any atom is 0.243 e. The molecule has 2 aromatic rings. The second-order valence-corrected chi connectivity index (χ2v) is 7.87. The van der Waals surface area contributed by atoms with Crippen LogP contribution < -0.4 is 10.6 Å². The zero-order valence-electron chi connectivity index (χ0n) is 16.7. The van der Waals surface area contributed by atoms with E-state index in [2.05, 4.69) is 15.6 Å². The van der Waals surface area contributed by atoms with Gasteiger partial charge in [-0.3, -0.25) is 4.79 Å². The summed E-state index contributed by atoms with van der Waals surface area (Å²) in [5.41, 5.74) is 0.798. The molecule has 0 saturated heterocycles. The van der Waals surface area contributed by atoms with Crippen molar-refractivity contribution >= 4 is 23.5 Å². The van der Waals surface area contributed by atoms with Crippen molar-refractivity contribution in [2.75, 3.05) is 33.7 Å². The number of nitrogens with zero attached hydrogens (tertiary/aromatic N) is 2. The Morgan fingerprint density at radius 2 is 2.10 bits per heavy atom. The number of carbonyl (C=O) groups excluding carboxylic acids is 1. The summed E-state index contributed by atoms with van der Waals surface area (Å²) in [6, 6.07) is 8.30. The lowest BCUT2D eigenvalue weighted by molar-refractivity contribution is -0.127. The monoisotopic (exact) mass is 420 g/mol. The number of furan rings is 1. The van der Waals surface area contributed by atoms with E-state index in [0.717, 1.165) is 24.2 Å². The largest absolute Gasteiger partial charge is 0.469 e. The fraction of sp³-hybridized carbons (Fsp3) is 0.429. The van der Waals surface area contributed by atoms with Gasteiger partial charge in [-0.25, -0.2) is 9.38 Å². The van der Waals surface area contributed by atoms with E-state index in [1.165, 1.54) is 17.0 Å². The number of halogens is 2. The topological polar surface area (TPSA) is 69.9 Å². The zero-order chi connectivity index (χ0) is 20.9. The Kier molecular flexibility index (Phi) is 6.79. The first-order valence-electron chi connectivity index (χ1n) is 9.60. The molecule has 1 heterocycles. The second-order valence-electron chi connectivity index (χ2n) is 7.47.